The number of ketones is 1. The van der Waals surface area contributed by atoms with Gasteiger partial charge in [0.05, 0.1) is 24.5 Å². The van der Waals surface area contributed by atoms with E-state index in [0.717, 1.165) is 60.1 Å². The van der Waals surface area contributed by atoms with Gasteiger partial charge in [0.25, 0.3) is 0 Å². The Hall–Kier alpha value is -4.52. The van der Waals surface area contributed by atoms with Crippen molar-refractivity contribution >= 4 is 16.6 Å². The Bertz CT molecular complexity index is 1570. The molecule has 7 nitrogen and oxygen atoms in total. The number of rotatable bonds is 16. The second-order valence-corrected chi connectivity index (χ2v) is 10.6. The summed E-state index contributed by atoms with van der Waals surface area (Å²) in [6.07, 6.45) is 15.9. The minimum absolute atomic E-state index is 0.168. The smallest absolute Gasteiger partial charge is 0.243 e. The molecule has 0 amide bonds. The minimum Gasteiger partial charge on any atom is -0.483 e. The molecule has 3 aromatic heterocycles. The number of benzene rings is 2. The minimum atomic E-state index is 0.168. The highest BCUT2D eigenvalue weighted by molar-refractivity contribution is 6.00. The van der Waals surface area contributed by atoms with E-state index in [0.29, 0.717) is 31.1 Å². The van der Waals surface area contributed by atoms with E-state index in [9.17, 15) is 4.79 Å². The molecule has 0 atom stereocenters. The Kier molecular flexibility index (Phi) is 10.3. The van der Waals surface area contributed by atoms with Crippen LogP contribution in [0.3, 0.4) is 0 Å². The van der Waals surface area contributed by atoms with E-state index in [2.05, 4.69) is 44.7 Å². The first-order valence-electron chi connectivity index (χ1n) is 14.9. The van der Waals surface area contributed by atoms with Crippen LogP contribution in [-0.2, 0) is 26.3 Å². The predicted molar refractivity (Wildman–Crippen MR) is 163 cm³/mol. The van der Waals surface area contributed by atoms with Gasteiger partial charge in [-0.25, -0.2) is 9.13 Å². The molecule has 2 aromatic carbocycles. The second kappa shape index (κ2) is 14.9. The van der Waals surface area contributed by atoms with Gasteiger partial charge in [0.1, 0.15) is 25.6 Å². The number of imidazole rings is 1. The van der Waals surface area contributed by atoms with Crippen LogP contribution in [0.15, 0.2) is 97.8 Å². The zero-order valence-electron chi connectivity index (χ0n) is 24.3. The molecule has 0 fully saturated rings. The van der Waals surface area contributed by atoms with Gasteiger partial charge in [-0.3, -0.25) is 14.8 Å². The Balaban J connectivity index is 1.21. The Morgan fingerprint density at radius 1 is 0.810 bits per heavy atom. The van der Waals surface area contributed by atoms with Crippen molar-refractivity contribution in [3.63, 3.8) is 0 Å². The summed E-state index contributed by atoms with van der Waals surface area (Å²) in [4.78, 5) is 21.8. The molecule has 0 bridgehead atoms. The number of fused-ring (bicyclic) bond motifs is 1. The van der Waals surface area contributed by atoms with E-state index in [4.69, 9.17) is 9.47 Å². The van der Waals surface area contributed by atoms with Gasteiger partial charge in [0.2, 0.25) is 6.33 Å². The molecule has 7 heteroatoms. The molecular weight excluding hydrogens is 524 g/mol. The van der Waals surface area contributed by atoms with Crippen molar-refractivity contribution in [2.45, 2.75) is 71.8 Å². The Labute approximate surface area is 247 Å². The number of hydrogen-bond donors (Lipinski definition) is 0. The maximum Gasteiger partial charge on any atom is 0.243 e. The van der Waals surface area contributed by atoms with Gasteiger partial charge >= 0.3 is 0 Å². The molecule has 0 aliphatic carbocycles. The van der Waals surface area contributed by atoms with Gasteiger partial charge in [-0.1, -0.05) is 37.6 Å². The molecule has 3 heterocycles. The standard InChI is InChI=1S/C35H39N4O3/c1-2-3-18-38-20-21-39(27-38)19-10-4-5-13-33(40)29-15-14-28-23-34(41-25-31-11-6-8-16-36-31)35(24-30(28)22-29)42-26-32-12-7-9-17-37-32/h6-9,11-12,14-17,20-24,27H,2-5,10,13,18-19,25-26H2,1H3/q+1. The third kappa shape index (κ3) is 8.26. The van der Waals surface area contributed by atoms with E-state index in [1.165, 1.54) is 12.8 Å². The number of Topliss-reactive ketones (excluding diaryl/α,β-unsaturated/α-hetero) is 1. The highest BCUT2D eigenvalue weighted by atomic mass is 16.5. The topological polar surface area (TPSA) is 70.1 Å². The summed E-state index contributed by atoms with van der Waals surface area (Å²) in [6, 6.07) is 21.3. The Morgan fingerprint density at radius 2 is 1.52 bits per heavy atom. The second-order valence-electron chi connectivity index (χ2n) is 10.6. The van der Waals surface area contributed by atoms with Crippen molar-refractivity contribution < 1.29 is 18.8 Å². The summed E-state index contributed by atoms with van der Waals surface area (Å²) in [6.45, 7) is 4.90. The van der Waals surface area contributed by atoms with Gasteiger partial charge in [-0.05, 0) is 78.9 Å². The van der Waals surface area contributed by atoms with Crippen molar-refractivity contribution in [2.75, 3.05) is 0 Å². The molecule has 42 heavy (non-hydrogen) atoms. The quantitative estimate of drug-likeness (QED) is 0.0726. The average Bonchev–Trinajstić information content (AvgIpc) is 3.49. The first kappa shape index (κ1) is 29.0. The molecule has 0 aliphatic heterocycles. The molecule has 0 aliphatic rings. The molecule has 5 aromatic rings. The summed E-state index contributed by atoms with van der Waals surface area (Å²) >= 11 is 0. The van der Waals surface area contributed by atoms with Crippen molar-refractivity contribution in [2.24, 2.45) is 0 Å². The lowest BCUT2D eigenvalue weighted by molar-refractivity contribution is -0.696. The summed E-state index contributed by atoms with van der Waals surface area (Å²) in [5.41, 5.74) is 2.38. The van der Waals surface area contributed by atoms with Gasteiger partial charge < -0.3 is 9.47 Å². The van der Waals surface area contributed by atoms with Crippen LogP contribution >= 0.6 is 0 Å². The molecule has 0 N–H and O–H groups in total. The highest BCUT2D eigenvalue weighted by Gasteiger charge is 2.13. The average molecular weight is 564 g/mol. The van der Waals surface area contributed by atoms with Crippen LogP contribution < -0.4 is 14.0 Å². The number of carbonyl (C=O) groups excluding carboxylic acids is 1. The van der Waals surface area contributed by atoms with Crippen LogP contribution in [0.2, 0.25) is 0 Å². The van der Waals surface area contributed by atoms with Gasteiger partial charge in [0.15, 0.2) is 17.3 Å². The molecule has 0 saturated heterocycles. The Morgan fingerprint density at radius 3 is 2.19 bits per heavy atom. The van der Waals surface area contributed by atoms with E-state index < -0.39 is 0 Å². The maximum atomic E-state index is 13.1. The zero-order valence-corrected chi connectivity index (χ0v) is 24.3. The monoisotopic (exact) mass is 563 g/mol. The fourth-order valence-corrected chi connectivity index (χ4v) is 4.87. The highest BCUT2D eigenvalue weighted by Crippen LogP contribution is 2.34. The molecule has 216 valence electrons. The molecule has 0 saturated carbocycles. The number of pyridine rings is 2. The number of hydrogen-bond acceptors (Lipinski definition) is 5. The number of nitrogens with zero attached hydrogens (tertiary/aromatic N) is 4. The molecule has 0 radical (unpaired) electrons. The van der Waals surface area contributed by atoms with Crippen LogP contribution in [0.5, 0.6) is 11.5 Å². The van der Waals surface area contributed by atoms with Crippen molar-refractivity contribution in [3.05, 3.63) is 115 Å². The largest absolute Gasteiger partial charge is 0.483 e. The van der Waals surface area contributed by atoms with Crippen molar-refractivity contribution in [1.82, 2.24) is 14.5 Å². The fourth-order valence-electron chi connectivity index (χ4n) is 4.87. The van der Waals surface area contributed by atoms with E-state index in [1.807, 2.05) is 66.7 Å². The summed E-state index contributed by atoms with van der Waals surface area (Å²) < 4.78 is 16.8. The van der Waals surface area contributed by atoms with Crippen LogP contribution in [0.4, 0.5) is 0 Å². The van der Waals surface area contributed by atoms with E-state index in [-0.39, 0.29) is 5.78 Å². The van der Waals surface area contributed by atoms with Gasteiger partial charge in [-0.15, -0.1) is 0 Å². The van der Waals surface area contributed by atoms with Gasteiger partial charge in [-0.2, -0.15) is 0 Å². The van der Waals surface area contributed by atoms with Crippen LogP contribution in [0, 0.1) is 0 Å². The first-order valence-corrected chi connectivity index (χ1v) is 14.9. The molecule has 5 rings (SSSR count). The summed E-state index contributed by atoms with van der Waals surface area (Å²) in [7, 11) is 0. The lowest BCUT2D eigenvalue weighted by atomic mass is 10.0. The number of ether oxygens (including phenoxy) is 2. The third-order valence-corrected chi connectivity index (χ3v) is 7.26. The number of carbonyl (C=O) groups is 1. The first-order chi connectivity index (χ1) is 20.7. The van der Waals surface area contributed by atoms with E-state index >= 15 is 0 Å². The van der Waals surface area contributed by atoms with Crippen molar-refractivity contribution in [1.29, 1.82) is 0 Å². The van der Waals surface area contributed by atoms with Crippen LogP contribution in [0.1, 0.15) is 67.2 Å². The lowest BCUT2D eigenvalue weighted by Crippen LogP contribution is -2.30. The summed E-state index contributed by atoms with van der Waals surface area (Å²) in [5, 5.41) is 1.92. The van der Waals surface area contributed by atoms with Gasteiger partial charge in [0, 0.05) is 24.4 Å². The fraction of sp³-hybridized carbons (Fsp3) is 0.314. The predicted octanol–water partition coefficient (Wildman–Crippen LogP) is 7.12. The molecular formula is C35H39N4O3+. The zero-order chi connectivity index (χ0) is 29.0. The lowest BCUT2D eigenvalue weighted by Gasteiger charge is -2.14. The van der Waals surface area contributed by atoms with Crippen molar-refractivity contribution in [3.8, 4) is 11.5 Å². The normalized spacial score (nSPS) is 11.1. The molecule has 0 unspecified atom stereocenters. The third-order valence-electron chi connectivity index (χ3n) is 7.26. The SMILES string of the molecule is CCCCn1cc[n+](CCCCCC(=O)c2ccc3cc(OCc4ccccn4)c(OCc4ccccn4)cc3c2)c1. The number of unbranched alkanes of at least 4 members (excludes halogenated alkanes) is 3. The number of aryl methyl sites for hydroxylation is 2. The van der Waals surface area contributed by atoms with E-state index in [1.54, 1.807) is 12.4 Å². The maximum absolute atomic E-state index is 13.1. The summed E-state index contributed by atoms with van der Waals surface area (Å²) in [5.74, 6) is 1.40. The number of aromatic nitrogens is 4. The molecule has 0 spiro atoms. The van der Waals surface area contributed by atoms with Crippen LogP contribution in [0.25, 0.3) is 10.8 Å². The van der Waals surface area contributed by atoms with Crippen LogP contribution in [-0.4, -0.2) is 20.3 Å².